The third-order valence-electron chi connectivity index (χ3n) is 13.2. The summed E-state index contributed by atoms with van der Waals surface area (Å²) in [7, 11) is 2.57. The number of fused-ring (bicyclic) bond motifs is 4. The Balaban J connectivity index is 1.00. The molecule has 0 radical (unpaired) electrons. The topological polar surface area (TPSA) is 192 Å². The van der Waals surface area contributed by atoms with Crippen LogP contribution >= 0.6 is 0 Å². The van der Waals surface area contributed by atoms with Crippen LogP contribution in [0, 0.1) is 17.8 Å². The van der Waals surface area contributed by atoms with Crippen molar-refractivity contribution < 1.29 is 33.4 Å². The number of methoxy groups -OCH3 is 2. The van der Waals surface area contributed by atoms with E-state index in [-0.39, 0.29) is 48.1 Å². The summed E-state index contributed by atoms with van der Waals surface area (Å²) in [4.78, 5) is 86.4. The van der Waals surface area contributed by atoms with Gasteiger partial charge in [-0.1, -0.05) is 77.8 Å². The molecule has 4 N–H and O–H groups in total. The van der Waals surface area contributed by atoms with E-state index in [0.717, 1.165) is 83.1 Å². The zero-order valence-electron chi connectivity index (χ0n) is 37.6. The second-order valence-corrected chi connectivity index (χ2v) is 18.2. The molecule has 0 bridgehead atoms. The number of hydrogen-bond donors (Lipinski definition) is 4. The summed E-state index contributed by atoms with van der Waals surface area (Å²) in [6.45, 7) is 10.6. The van der Waals surface area contributed by atoms with Crippen LogP contribution in [0.4, 0.5) is 9.59 Å². The summed E-state index contributed by atoms with van der Waals surface area (Å²) in [5, 5.41) is 5.45. The largest absolute Gasteiger partial charge is 0.453 e. The van der Waals surface area contributed by atoms with Gasteiger partial charge in [-0.25, -0.2) is 19.6 Å². The fourth-order valence-corrected chi connectivity index (χ4v) is 9.70. The number of imidazole rings is 2. The van der Waals surface area contributed by atoms with Gasteiger partial charge in [0.15, 0.2) is 5.78 Å². The summed E-state index contributed by atoms with van der Waals surface area (Å²) in [5.41, 5.74) is 7.87. The third-order valence-corrected chi connectivity index (χ3v) is 13.2. The van der Waals surface area contributed by atoms with Crippen LogP contribution in [0.3, 0.4) is 0 Å². The molecular formula is C49H58N8O7. The normalized spacial score (nSPS) is 19.0. The molecule has 2 fully saturated rings. The molecule has 5 aromatic rings. The minimum atomic E-state index is -0.742. The Hall–Kier alpha value is -6.51. The molecule has 336 valence electrons. The smallest absolute Gasteiger partial charge is 0.407 e. The minimum Gasteiger partial charge on any atom is -0.453 e. The number of nitrogens with zero attached hydrogens (tertiary/aromatic N) is 4. The Bertz CT molecular complexity index is 2600. The number of carbonyl (C=O) groups excluding carboxylic acids is 5. The molecule has 1 saturated carbocycles. The number of ketones is 1. The highest BCUT2D eigenvalue weighted by Crippen LogP contribution is 2.41. The second-order valence-electron chi connectivity index (χ2n) is 18.2. The summed E-state index contributed by atoms with van der Waals surface area (Å²) in [6.07, 6.45) is 5.91. The number of amides is 4. The van der Waals surface area contributed by atoms with Gasteiger partial charge in [0, 0.05) is 29.3 Å². The number of ether oxygens (including phenoxy) is 2. The van der Waals surface area contributed by atoms with Crippen LogP contribution in [0.15, 0.2) is 60.8 Å². The van der Waals surface area contributed by atoms with E-state index in [2.05, 4.69) is 27.5 Å². The lowest BCUT2D eigenvalue weighted by atomic mass is 9.85. The molecule has 4 amide bonds. The van der Waals surface area contributed by atoms with Crippen molar-refractivity contribution in [2.75, 3.05) is 20.8 Å². The summed E-state index contributed by atoms with van der Waals surface area (Å²) in [6, 6.07) is 16.1. The molecule has 8 rings (SSSR count). The van der Waals surface area contributed by atoms with Gasteiger partial charge in [-0.3, -0.25) is 14.4 Å². The average Bonchev–Trinajstić information content (AvgIpc) is 4.11. The van der Waals surface area contributed by atoms with Crippen molar-refractivity contribution in [2.45, 2.75) is 104 Å². The van der Waals surface area contributed by atoms with Gasteiger partial charge in [0.25, 0.3) is 0 Å². The van der Waals surface area contributed by atoms with E-state index in [9.17, 15) is 24.0 Å². The molecule has 0 unspecified atom stereocenters. The van der Waals surface area contributed by atoms with Gasteiger partial charge >= 0.3 is 12.2 Å². The number of nitrogens with one attached hydrogen (secondary N) is 4. The van der Waals surface area contributed by atoms with E-state index in [4.69, 9.17) is 19.4 Å². The first-order valence-electron chi connectivity index (χ1n) is 22.4. The van der Waals surface area contributed by atoms with Crippen molar-refractivity contribution in [1.82, 2.24) is 40.4 Å². The van der Waals surface area contributed by atoms with Crippen LogP contribution in [0.2, 0.25) is 0 Å². The second kappa shape index (κ2) is 18.3. The molecule has 15 heteroatoms. The van der Waals surface area contributed by atoms with E-state index >= 15 is 0 Å². The highest BCUT2D eigenvalue weighted by atomic mass is 16.5. The number of H-pyrrole nitrogens is 2. The van der Waals surface area contributed by atoms with Gasteiger partial charge < -0.3 is 39.9 Å². The Morgan fingerprint density at radius 2 is 1.44 bits per heavy atom. The molecule has 1 aliphatic heterocycles. The predicted octanol–water partition coefficient (Wildman–Crippen LogP) is 8.16. The van der Waals surface area contributed by atoms with E-state index in [0.29, 0.717) is 35.2 Å². The maximum absolute atomic E-state index is 14.2. The monoisotopic (exact) mass is 870 g/mol. The van der Waals surface area contributed by atoms with E-state index < -0.39 is 24.3 Å². The Kier molecular flexibility index (Phi) is 12.6. The maximum atomic E-state index is 14.2. The van der Waals surface area contributed by atoms with Crippen LogP contribution in [-0.2, 0) is 25.6 Å². The molecule has 64 heavy (non-hydrogen) atoms. The van der Waals surface area contributed by atoms with Gasteiger partial charge in [0.1, 0.15) is 23.7 Å². The van der Waals surface area contributed by atoms with Crippen LogP contribution in [0.25, 0.3) is 44.5 Å². The number of rotatable bonds is 12. The van der Waals surface area contributed by atoms with Gasteiger partial charge in [0.05, 0.1) is 49.7 Å². The van der Waals surface area contributed by atoms with E-state index in [1.807, 2.05) is 87.2 Å². The molecule has 3 heterocycles. The lowest BCUT2D eigenvalue weighted by Gasteiger charge is -2.38. The van der Waals surface area contributed by atoms with Crippen LogP contribution in [0.5, 0.6) is 0 Å². The quantitative estimate of drug-likeness (QED) is 0.0940. The highest BCUT2D eigenvalue weighted by Gasteiger charge is 2.38. The molecule has 0 spiro atoms. The Morgan fingerprint density at radius 1 is 0.797 bits per heavy atom. The van der Waals surface area contributed by atoms with E-state index in [1.54, 1.807) is 11.1 Å². The first-order chi connectivity index (χ1) is 30.7. The Labute approximate surface area is 373 Å². The Morgan fingerprint density at radius 3 is 2.11 bits per heavy atom. The summed E-state index contributed by atoms with van der Waals surface area (Å²) < 4.78 is 9.63. The van der Waals surface area contributed by atoms with Gasteiger partial charge in [-0.2, -0.15) is 0 Å². The number of likely N-dealkylation sites (tertiary alicyclic amines) is 1. The molecule has 3 aliphatic rings. The SMILES string of the molecule is COC(=O)N[C@H](C(=O)N(Cc1nc2ccc(-c3ccc4c(c3)C(=O)c3cc(-c5cnc([C@@H]6CCCN6C(=O)[C@@H](NC(=O)OC)C(C)C)[nH]5)ccc3-4)cc2[nH]1)[C@@H]1CCC[C@H](C)C1)C(C)C. The van der Waals surface area contributed by atoms with Crippen molar-refractivity contribution in [3.05, 3.63) is 83.6 Å². The summed E-state index contributed by atoms with van der Waals surface area (Å²) in [5.74, 6) is 1.10. The fourth-order valence-electron chi connectivity index (χ4n) is 9.70. The highest BCUT2D eigenvalue weighted by molar-refractivity contribution is 6.22. The lowest BCUT2D eigenvalue weighted by molar-refractivity contribution is -0.138. The first-order valence-corrected chi connectivity index (χ1v) is 22.4. The lowest BCUT2D eigenvalue weighted by Crippen LogP contribution is -2.54. The van der Waals surface area contributed by atoms with Gasteiger partial charge in [0.2, 0.25) is 11.8 Å². The van der Waals surface area contributed by atoms with Crippen LogP contribution in [-0.4, -0.2) is 98.4 Å². The molecule has 2 aromatic heterocycles. The predicted molar refractivity (Wildman–Crippen MR) is 242 cm³/mol. The third kappa shape index (κ3) is 8.72. The molecule has 5 atom stereocenters. The zero-order valence-corrected chi connectivity index (χ0v) is 37.6. The van der Waals surface area contributed by atoms with Crippen molar-refractivity contribution in [2.24, 2.45) is 17.8 Å². The molecule has 15 nitrogen and oxygen atoms in total. The maximum Gasteiger partial charge on any atom is 0.407 e. The molecular weight excluding hydrogens is 813 g/mol. The molecule has 1 saturated heterocycles. The molecule has 3 aromatic carbocycles. The van der Waals surface area contributed by atoms with E-state index in [1.165, 1.54) is 14.2 Å². The van der Waals surface area contributed by atoms with Gasteiger partial charge in [-0.05, 0) is 90.0 Å². The van der Waals surface area contributed by atoms with Crippen molar-refractivity contribution in [3.63, 3.8) is 0 Å². The van der Waals surface area contributed by atoms with Crippen molar-refractivity contribution in [1.29, 1.82) is 0 Å². The standard InChI is InChI=1S/C49H58N8O7/c1-26(2)42(54-48(61)63-6)46(59)56-19-9-12-40(56)45-50-24-39(53-45)31-14-17-34-33-16-13-29(21-35(33)44(58)36(34)22-31)30-15-18-37-38(23-30)52-41(51-37)25-57(32-11-8-10-28(5)20-32)47(60)43(27(3)4)55-49(62)64-7/h13-18,21-24,26-28,32,40,42-43H,8-12,19-20,25H2,1-7H3,(H,50,53)(H,51,52)(H,54,61)(H,55,62)/t28-,32+,40-,42-,43-/m0/s1. The number of aromatic amines is 2. The number of hydrogen-bond acceptors (Lipinski definition) is 9. The van der Waals surface area contributed by atoms with Gasteiger partial charge in [-0.15, -0.1) is 0 Å². The van der Waals surface area contributed by atoms with Crippen molar-refractivity contribution in [3.8, 4) is 33.5 Å². The first kappa shape index (κ1) is 44.1. The number of carbonyl (C=O) groups is 5. The molecule has 2 aliphatic carbocycles. The number of aromatic nitrogens is 4. The average molecular weight is 871 g/mol. The number of alkyl carbamates (subject to hydrolysis) is 2. The minimum absolute atomic E-state index is 0.0174. The zero-order chi connectivity index (χ0) is 45.4. The fraction of sp³-hybridized carbons (Fsp3) is 0.449. The van der Waals surface area contributed by atoms with Crippen molar-refractivity contribution >= 4 is 40.8 Å². The number of benzene rings is 3. The van der Waals surface area contributed by atoms with Crippen LogP contribution < -0.4 is 10.6 Å². The van der Waals surface area contributed by atoms with Crippen LogP contribution in [0.1, 0.15) is 107 Å². The summed E-state index contributed by atoms with van der Waals surface area (Å²) >= 11 is 0.